The van der Waals surface area contributed by atoms with Crippen LogP contribution in [-0.2, 0) is 4.79 Å². The lowest BCUT2D eigenvalue weighted by Crippen LogP contribution is -2.44. The fraction of sp³-hybridized carbons (Fsp3) is 0.481. The van der Waals surface area contributed by atoms with Crippen LogP contribution in [0, 0.1) is 5.92 Å². The third kappa shape index (κ3) is 7.38. The summed E-state index contributed by atoms with van der Waals surface area (Å²) >= 11 is 6.21. The summed E-state index contributed by atoms with van der Waals surface area (Å²) in [6.45, 7) is 1.19. The fourth-order valence-electron chi connectivity index (χ4n) is 4.47. The van der Waals surface area contributed by atoms with E-state index < -0.39 is 18.0 Å². The molecule has 1 unspecified atom stereocenters. The van der Waals surface area contributed by atoms with Gasteiger partial charge in [0, 0.05) is 27.2 Å². The quantitative estimate of drug-likeness (QED) is 0.368. The van der Waals surface area contributed by atoms with E-state index in [9.17, 15) is 22.8 Å². The van der Waals surface area contributed by atoms with Crippen molar-refractivity contribution in [3.63, 3.8) is 0 Å². The second kappa shape index (κ2) is 12.5. The highest BCUT2D eigenvalue weighted by molar-refractivity contribution is 6.34. The molecule has 0 aromatic heterocycles. The Balaban J connectivity index is 1.40. The summed E-state index contributed by atoms with van der Waals surface area (Å²) < 4.78 is 46.8. The van der Waals surface area contributed by atoms with E-state index in [0.717, 1.165) is 19.3 Å². The van der Waals surface area contributed by atoms with Gasteiger partial charge in [0.15, 0.2) is 5.92 Å². The van der Waals surface area contributed by atoms with Gasteiger partial charge < -0.3 is 14.5 Å². The van der Waals surface area contributed by atoms with Crippen molar-refractivity contribution in [2.75, 3.05) is 33.8 Å². The van der Waals surface area contributed by atoms with E-state index in [1.54, 1.807) is 38.4 Å². The zero-order chi connectivity index (χ0) is 26.3. The molecule has 2 amide bonds. The van der Waals surface area contributed by atoms with Crippen molar-refractivity contribution < 1.29 is 27.5 Å². The molecular formula is C27H32ClF3N2O3. The SMILES string of the molecule is CN(C)C(=O)c1ccc(OCCCCC2CCN(C(=O)C(c3ccccc3)C(F)(F)F)CC2)cc1Cl. The lowest BCUT2D eigenvalue weighted by atomic mass is 9.90. The lowest BCUT2D eigenvalue weighted by molar-refractivity contribution is -0.172. The number of alkyl halides is 3. The van der Waals surface area contributed by atoms with Gasteiger partial charge in [0.1, 0.15) is 5.75 Å². The number of amides is 2. The molecule has 1 heterocycles. The molecule has 1 atom stereocenters. The van der Waals surface area contributed by atoms with Crippen molar-refractivity contribution in [2.24, 2.45) is 5.92 Å². The molecule has 0 spiro atoms. The van der Waals surface area contributed by atoms with E-state index in [1.807, 2.05) is 0 Å². The van der Waals surface area contributed by atoms with Gasteiger partial charge in [0.05, 0.1) is 17.2 Å². The minimum Gasteiger partial charge on any atom is -0.494 e. The number of carbonyl (C=O) groups is 2. The molecule has 0 aliphatic carbocycles. The number of piperidine rings is 1. The average molecular weight is 525 g/mol. The summed E-state index contributed by atoms with van der Waals surface area (Å²) in [6, 6.07) is 12.4. The van der Waals surface area contributed by atoms with E-state index in [4.69, 9.17) is 16.3 Å². The molecular weight excluding hydrogens is 493 g/mol. The summed E-state index contributed by atoms with van der Waals surface area (Å²) in [7, 11) is 3.32. The van der Waals surface area contributed by atoms with Crippen LogP contribution in [-0.4, -0.2) is 61.6 Å². The van der Waals surface area contributed by atoms with Crippen molar-refractivity contribution >= 4 is 23.4 Å². The molecule has 2 aromatic rings. The number of carbonyl (C=O) groups excluding carboxylic acids is 2. The van der Waals surface area contributed by atoms with Crippen LogP contribution in [0.5, 0.6) is 5.75 Å². The molecule has 0 radical (unpaired) electrons. The summed E-state index contributed by atoms with van der Waals surface area (Å²) in [6.07, 6.45) is -0.560. The van der Waals surface area contributed by atoms with Crippen LogP contribution >= 0.6 is 11.6 Å². The molecule has 3 rings (SSSR count). The minimum atomic E-state index is -4.62. The number of ether oxygens (including phenoxy) is 1. The Kier molecular flexibility index (Phi) is 9.65. The van der Waals surface area contributed by atoms with E-state index in [0.29, 0.717) is 54.8 Å². The van der Waals surface area contributed by atoms with E-state index in [1.165, 1.54) is 34.1 Å². The van der Waals surface area contributed by atoms with Gasteiger partial charge in [-0.2, -0.15) is 13.2 Å². The fourth-order valence-corrected chi connectivity index (χ4v) is 4.72. The molecule has 1 aliphatic rings. The van der Waals surface area contributed by atoms with Crippen LogP contribution in [0.1, 0.15) is 53.9 Å². The van der Waals surface area contributed by atoms with E-state index in [-0.39, 0.29) is 11.5 Å². The third-order valence-corrected chi connectivity index (χ3v) is 6.80. The first-order valence-corrected chi connectivity index (χ1v) is 12.5. The highest BCUT2D eigenvalue weighted by Crippen LogP contribution is 2.37. The minimum absolute atomic E-state index is 0.0163. The zero-order valence-corrected chi connectivity index (χ0v) is 21.3. The van der Waals surface area contributed by atoms with Crippen molar-refractivity contribution in [3.8, 4) is 5.75 Å². The van der Waals surface area contributed by atoms with Crippen LogP contribution in [0.25, 0.3) is 0 Å². The molecule has 0 N–H and O–H groups in total. The molecule has 9 heteroatoms. The Hall–Kier alpha value is -2.74. The van der Waals surface area contributed by atoms with Gasteiger partial charge >= 0.3 is 6.18 Å². The van der Waals surface area contributed by atoms with E-state index in [2.05, 4.69) is 0 Å². The Morgan fingerprint density at radius 1 is 1.08 bits per heavy atom. The smallest absolute Gasteiger partial charge is 0.404 e. The van der Waals surface area contributed by atoms with Gasteiger partial charge in [0.25, 0.3) is 5.91 Å². The number of hydrogen-bond acceptors (Lipinski definition) is 3. The van der Waals surface area contributed by atoms with Gasteiger partial charge in [-0.05, 0) is 55.4 Å². The van der Waals surface area contributed by atoms with Crippen molar-refractivity contribution in [2.45, 2.75) is 44.2 Å². The molecule has 196 valence electrons. The average Bonchev–Trinajstić information content (AvgIpc) is 2.83. The summed E-state index contributed by atoms with van der Waals surface area (Å²) in [4.78, 5) is 27.6. The monoisotopic (exact) mass is 524 g/mol. The Bertz CT molecular complexity index is 1020. The molecule has 2 aromatic carbocycles. The predicted molar refractivity (Wildman–Crippen MR) is 133 cm³/mol. The summed E-state index contributed by atoms with van der Waals surface area (Å²) in [5.74, 6) is -2.18. The highest BCUT2D eigenvalue weighted by Gasteiger charge is 2.47. The predicted octanol–water partition coefficient (Wildman–Crippen LogP) is 6.18. The third-order valence-electron chi connectivity index (χ3n) is 6.49. The number of benzene rings is 2. The van der Waals surface area contributed by atoms with Crippen LogP contribution in [0.3, 0.4) is 0 Å². The van der Waals surface area contributed by atoms with Crippen molar-refractivity contribution in [1.29, 1.82) is 0 Å². The van der Waals surface area contributed by atoms with Gasteiger partial charge in [-0.15, -0.1) is 0 Å². The maximum absolute atomic E-state index is 13.7. The lowest BCUT2D eigenvalue weighted by Gasteiger charge is -2.35. The Labute approximate surface area is 215 Å². The number of halogens is 4. The maximum Gasteiger partial charge on any atom is 0.404 e. The van der Waals surface area contributed by atoms with E-state index >= 15 is 0 Å². The van der Waals surface area contributed by atoms with Crippen molar-refractivity contribution in [1.82, 2.24) is 9.80 Å². The largest absolute Gasteiger partial charge is 0.494 e. The molecule has 0 saturated carbocycles. The Morgan fingerprint density at radius 3 is 2.33 bits per heavy atom. The number of hydrogen-bond donors (Lipinski definition) is 0. The van der Waals surface area contributed by atoms with Gasteiger partial charge in [-0.25, -0.2) is 0 Å². The summed E-state index contributed by atoms with van der Waals surface area (Å²) in [5, 5.41) is 0.340. The topological polar surface area (TPSA) is 49.9 Å². The van der Waals surface area contributed by atoms with Crippen LogP contribution < -0.4 is 4.74 Å². The standard InChI is InChI=1S/C27H32ClF3N2O3/c1-32(2)25(34)22-12-11-21(18-23(22)28)36-17-7-6-8-19-13-15-33(16-14-19)26(35)24(27(29,30)31)20-9-4-3-5-10-20/h3-5,9-12,18-19,24H,6-8,13-17H2,1-2H3. The molecule has 1 aliphatic heterocycles. The van der Waals surface area contributed by atoms with Gasteiger partial charge in [0.2, 0.25) is 5.91 Å². The number of unbranched alkanes of at least 4 members (excludes halogenated alkanes) is 1. The van der Waals surface area contributed by atoms with Gasteiger partial charge in [-0.1, -0.05) is 48.4 Å². The first-order valence-electron chi connectivity index (χ1n) is 12.1. The summed E-state index contributed by atoms with van der Waals surface area (Å²) in [5.41, 5.74) is 0.404. The number of likely N-dealkylation sites (tertiary alicyclic amines) is 1. The molecule has 5 nitrogen and oxygen atoms in total. The normalized spacial score (nSPS) is 15.4. The number of rotatable bonds is 9. The molecule has 0 bridgehead atoms. The van der Waals surface area contributed by atoms with Crippen molar-refractivity contribution in [3.05, 3.63) is 64.7 Å². The zero-order valence-electron chi connectivity index (χ0n) is 20.6. The van der Waals surface area contributed by atoms with Gasteiger partial charge in [-0.3, -0.25) is 9.59 Å². The Morgan fingerprint density at radius 2 is 1.75 bits per heavy atom. The molecule has 1 saturated heterocycles. The molecule has 1 fully saturated rings. The van der Waals surface area contributed by atoms with Crippen LogP contribution in [0.2, 0.25) is 5.02 Å². The first kappa shape index (κ1) is 27.8. The second-order valence-electron chi connectivity index (χ2n) is 9.34. The van der Waals surface area contributed by atoms with Crippen LogP contribution in [0.4, 0.5) is 13.2 Å². The maximum atomic E-state index is 13.7. The first-order chi connectivity index (χ1) is 17.1. The van der Waals surface area contributed by atoms with Crippen LogP contribution in [0.15, 0.2) is 48.5 Å². The molecule has 36 heavy (non-hydrogen) atoms. The number of nitrogens with zero attached hydrogens (tertiary/aromatic N) is 2. The highest BCUT2D eigenvalue weighted by atomic mass is 35.5. The second-order valence-corrected chi connectivity index (χ2v) is 9.75.